The molecule has 1 unspecified atom stereocenters. The van der Waals surface area contributed by atoms with Gasteiger partial charge >= 0.3 is 5.97 Å². The normalized spacial score (nSPS) is 29.4. The van der Waals surface area contributed by atoms with Crippen LogP contribution in [0.25, 0.3) is 0 Å². The first-order valence-corrected chi connectivity index (χ1v) is 8.06. The first kappa shape index (κ1) is 13.8. The zero-order valence-corrected chi connectivity index (χ0v) is 12.8. The molecule has 4 rings (SSSR count). The summed E-state index contributed by atoms with van der Waals surface area (Å²) >= 11 is 1.48. The van der Waals surface area contributed by atoms with Crippen LogP contribution in [-0.4, -0.2) is 40.5 Å². The average molecular weight is 318 g/mol. The van der Waals surface area contributed by atoms with Crippen molar-refractivity contribution < 1.29 is 19.3 Å². The quantitative estimate of drug-likeness (QED) is 0.611. The Kier molecular flexibility index (Phi) is 3.02. The Hall–Kier alpha value is -1.86. The van der Waals surface area contributed by atoms with Crippen molar-refractivity contribution in [1.82, 2.24) is 10.2 Å². The monoisotopic (exact) mass is 318 g/mol. The molecule has 0 aromatic carbocycles. The van der Waals surface area contributed by atoms with E-state index in [2.05, 4.69) is 5.32 Å². The number of amides is 1. The molecule has 0 radical (unpaired) electrons. The summed E-state index contributed by atoms with van der Waals surface area (Å²) in [5.74, 6) is -0.985. The molecular weight excluding hydrogens is 302 g/mol. The lowest BCUT2D eigenvalue weighted by Crippen LogP contribution is -2.71. The zero-order valence-electron chi connectivity index (χ0n) is 12.0. The summed E-state index contributed by atoms with van der Waals surface area (Å²) in [4.78, 5) is 27.2. The zero-order chi connectivity index (χ0) is 15.4. The van der Waals surface area contributed by atoms with E-state index in [-0.39, 0.29) is 29.6 Å². The molecule has 1 aromatic heterocycles. The van der Waals surface area contributed by atoms with E-state index < -0.39 is 5.97 Å². The maximum Gasteiger partial charge on any atom is 0.353 e. The van der Waals surface area contributed by atoms with Crippen molar-refractivity contribution in [2.45, 2.75) is 23.4 Å². The van der Waals surface area contributed by atoms with Crippen LogP contribution in [0.15, 0.2) is 40.0 Å². The van der Waals surface area contributed by atoms with E-state index >= 15 is 0 Å². The SMILES string of the molecule is C[n+]1ccc(SC2=C(C(=O)O)N3C(=O)[C@H]4NCCC2[C@H]43)cc1. The summed E-state index contributed by atoms with van der Waals surface area (Å²) in [6.07, 6.45) is 4.73. The van der Waals surface area contributed by atoms with E-state index in [9.17, 15) is 14.7 Å². The molecule has 3 atom stereocenters. The molecule has 4 heterocycles. The Balaban J connectivity index is 1.73. The summed E-state index contributed by atoms with van der Waals surface area (Å²) in [7, 11) is 1.94. The Bertz CT molecular complexity index is 700. The van der Waals surface area contributed by atoms with Crippen LogP contribution in [0.2, 0.25) is 0 Å². The third kappa shape index (κ3) is 1.82. The third-order valence-electron chi connectivity index (χ3n) is 4.56. The van der Waals surface area contributed by atoms with Crippen LogP contribution in [0.4, 0.5) is 0 Å². The number of aliphatic carboxylic acids is 1. The number of β-lactam (4-membered cyclic amide) rings is 1. The second-order valence-electron chi connectivity index (χ2n) is 5.85. The minimum atomic E-state index is -1.01. The number of hydrogen-bond acceptors (Lipinski definition) is 4. The number of carboxylic acids is 1. The van der Waals surface area contributed by atoms with Crippen molar-refractivity contribution in [3.8, 4) is 0 Å². The number of carbonyl (C=O) groups is 2. The van der Waals surface area contributed by atoms with E-state index in [4.69, 9.17) is 0 Å². The number of aryl methyl sites for hydroxylation is 1. The number of piperidine rings is 1. The predicted molar refractivity (Wildman–Crippen MR) is 78.7 cm³/mol. The minimum Gasteiger partial charge on any atom is -0.477 e. The molecule has 2 N–H and O–H groups in total. The molecule has 2 fully saturated rings. The van der Waals surface area contributed by atoms with E-state index in [1.54, 1.807) is 0 Å². The van der Waals surface area contributed by atoms with Crippen molar-refractivity contribution in [2.75, 3.05) is 6.54 Å². The number of nitrogens with one attached hydrogen (secondary N) is 1. The Labute approximate surface area is 131 Å². The van der Waals surface area contributed by atoms with E-state index in [1.807, 2.05) is 36.1 Å². The number of carboxylic acid groups (broad SMARTS) is 1. The number of thioether (sulfide) groups is 1. The highest BCUT2D eigenvalue weighted by atomic mass is 32.2. The molecule has 0 spiro atoms. The second kappa shape index (κ2) is 4.82. The lowest BCUT2D eigenvalue weighted by atomic mass is 9.82. The van der Waals surface area contributed by atoms with Crippen LogP contribution in [0, 0.1) is 5.92 Å². The average Bonchev–Trinajstić information content (AvgIpc) is 2.83. The molecule has 114 valence electrons. The first-order chi connectivity index (χ1) is 10.6. The molecule has 2 saturated heterocycles. The lowest BCUT2D eigenvalue weighted by Gasteiger charge is -2.48. The lowest BCUT2D eigenvalue weighted by molar-refractivity contribution is -0.671. The number of rotatable bonds is 3. The van der Waals surface area contributed by atoms with Crippen molar-refractivity contribution in [2.24, 2.45) is 13.0 Å². The molecule has 3 aliphatic rings. The molecule has 0 aliphatic carbocycles. The largest absolute Gasteiger partial charge is 0.477 e. The third-order valence-corrected chi connectivity index (χ3v) is 5.79. The molecule has 3 aliphatic heterocycles. The number of hydrogen-bond donors (Lipinski definition) is 2. The van der Waals surface area contributed by atoms with Crippen LogP contribution >= 0.6 is 11.8 Å². The highest BCUT2D eigenvalue weighted by Crippen LogP contribution is 2.51. The second-order valence-corrected chi connectivity index (χ2v) is 6.96. The highest BCUT2D eigenvalue weighted by Gasteiger charge is 2.61. The van der Waals surface area contributed by atoms with Gasteiger partial charge in [0.25, 0.3) is 0 Å². The van der Waals surface area contributed by atoms with Gasteiger partial charge in [-0.25, -0.2) is 9.36 Å². The maximum atomic E-state index is 12.2. The summed E-state index contributed by atoms with van der Waals surface area (Å²) in [5, 5.41) is 12.8. The first-order valence-electron chi connectivity index (χ1n) is 7.25. The Morgan fingerprint density at radius 1 is 1.45 bits per heavy atom. The van der Waals surface area contributed by atoms with Crippen molar-refractivity contribution in [3.05, 3.63) is 35.1 Å². The van der Waals surface area contributed by atoms with Gasteiger partial charge in [-0.15, -0.1) is 0 Å². The molecule has 7 heteroatoms. The smallest absolute Gasteiger partial charge is 0.353 e. The van der Waals surface area contributed by atoms with Crippen LogP contribution in [0.1, 0.15) is 6.42 Å². The van der Waals surface area contributed by atoms with Crippen molar-refractivity contribution in [1.29, 1.82) is 0 Å². The van der Waals surface area contributed by atoms with Gasteiger partial charge in [-0.3, -0.25) is 9.69 Å². The van der Waals surface area contributed by atoms with E-state index in [0.29, 0.717) is 0 Å². The highest BCUT2D eigenvalue weighted by molar-refractivity contribution is 8.03. The predicted octanol–water partition coefficient (Wildman–Crippen LogP) is 0.102. The van der Waals surface area contributed by atoms with Gasteiger partial charge in [0.15, 0.2) is 12.4 Å². The summed E-state index contributed by atoms with van der Waals surface area (Å²) in [6, 6.07) is 3.70. The standard InChI is InChI=1S/C15H15N3O3S/c1-17-6-3-8(4-7-17)22-13-9-2-5-16-10-11(9)18(14(10)19)12(13)15(20)21/h3-4,6-7,9-11,16H,2,5H2,1H3/p+1/t9?,10-,11+/m0/s1. The van der Waals surface area contributed by atoms with Gasteiger partial charge in [0.2, 0.25) is 5.91 Å². The number of aromatic nitrogens is 1. The summed E-state index contributed by atoms with van der Waals surface area (Å²) in [6.45, 7) is 0.756. The molecule has 1 amide bonds. The van der Waals surface area contributed by atoms with Crippen LogP contribution in [0.5, 0.6) is 0 Å². The van der Waals surface area contributed by atoms with Crippen molar-refractivity contribution >= 4 is 23.6 Å². The molecule has 0 saturated carbocycles. The molecule has 22 heavy (non-hydrogen) atoms. The van der Waals surface area contributed by atoms with Gasteiger partial charge < -0.3 is 10.4 Å². The fourth-order valence-corrected chi connectivity index (χ4v) is 4.75. The Morgan fingerprint density at radius 3 is 2.86 bits per heavy atom. The molecular formula is C15H16N3O3S+. The van der Waals surface area contributed by atoms with Crippen LogP contribution < -0.4 is 9.88 Å². The van der Waals surface area contributed by atoms with Gasteiger partial charge in [0.1, 0.15) is 18.8 Å². The summed E-state index contributed by atoms with van der Waals surface area (Å²) < 4.78 is 1.93. The van der Waals surface area contributed by atoms with E-state index in [0.717, 1.165) is 22.8 Å². The molecule has 6 nitrogen and oxygen atoms in total. The number of pyridine rings is 1. The van der Waals surface area contributed by atoms with Crippen molar-refractivity contribution in [3.63, 3.8) is 0 Å². The number of nitrogens with zero attached hydrogens (tertiary/aromatic N) is 2. The maximum absolute atomic E-state index is 12.2. The van der Waals surface area contributed by atoms with Gasteiger partial charge in [-0.05, 0) is 13.0 Å². The van der Waals surface area contributed by atoms with Gasteiger partial charge in [0.05, 0.1) is 6.04 Å². The van der Waals surface area contributed by atoms with Gasteiger partial charge in [0, 0.05) is 27.9 Å². The topological polar surface area (TPSA) is 73.5 Å². The molecule has 0 bridgehead atoms. The fourth-order valence-electron chi connectivity index (χ4n) is 3.55. The van der Waals surface area contributed by atoms with E-state index in [1.165, 1.54) is 16.7 Å². The minimum absolute atomic E-state index is 0.0188. The summed E-state index contributed by atoms with van der Waals surface area (Å²) in [5.41, 5.74) is 0.179. The van der Waals surface area contributed by atoms with Gasteiger partial charge in [-0.2, -0.15) is 0 Å². The van der Waals surface area contributed by atoms with Gasteiger partial charge in [-0.1, -0.05) is 11.8 Å². The van der Waals surface area contributed by atoms with Crippen LogP contribution in [-0.2, 0) is 16.6 Å². The molecule has 1 aromatic rings. The Morgan fingerprint density at radius 2 is 2.18 bits per heavy atom. The fraction of sp³-hybridized carbons (Fsp3) is 0.400. The van der Waals surface area contributed by atoms with Crippen LogP contribution in [0.3, 0.4) is 0 Å². The number of carbonyl (C=O) groups excluding carboxylic acids is 1.